The Hall–Kier alpha value is -3.42. The summed E-state index contributed by atoms with van der Waals surface area (Å²) < 4.78 is 5.23. The first-order valence-electron chi connectivity index (χ1n) is 6.98. The monoisotopic (exact) mass is 329 g/mol. The van der Waals surface area contributed by atoms with Crippen molar-refractivity contribution in [2.45, 2.75) is 6.04 Å². The highest BCUT2D eigenvalue weighted by Crippen LogP contribution is 2.17. The van der Waals surface area contributed by atoms with Gasteiger partial charge >= 0.3 is 0 Å². The van der Waals surface area contributed by atoms with Gasteiger partial charge in [0.2, 0.25) is 5.91 Å². The van der Waals surface area contributed by atoms with Crippen molar-refractivity contribution in [1.82, 2.24) is 5.32 Å². The quantitative estimate of drug-likeness (QED) is 0.585. The van der Waals surface area contributed by atoms with Gasteiger partial charge in [-0.25, -0.2) is 0 Å². The number of hydrogen-bond acceptors (Lipinski definition) is 5. The van der Waals surface area contributed by atoms with Gasteiger partial charge in [0.05, 0.1) is 4.92 Å². The molecule has 0 bridgehead atoms. The molecular formula is C16H15N3O5. The summed E-state index contributed by atoms with van der Waals surface area (Å²) in [6.45, 7) is -0.353. The summed E-state index contributed by atoms with van der Waals surface area (Å²) in [5.41, 5.74) is 5.80. The number of ether oxygens (including phenoxy) is 1. The van der Waals surface area contributed by atoms with E-state index >= 15 is 0 Å². The van der Waals surface area contributed by atoms with Gasteiger partial charge in [0.1, 0.15) is 11.8 Å². The van der Waals surface area contributed by atoms with Crippen molar-refractivity contribution in [2.75, 3.05) is 6.61 Å². The van der Waals surface area contributed by atoms with Gasteiger partial charge in [0.25, 0.3) is 11.6 Å². The Morgan fingerprint density at radius 2 is 1.75 bits per heavy atom. The Bertz CT molecular complexity index is 731. The smallest absolute Gasteiger partial charge is 0.269 e. The number of nitrogens with zero attached hydrogens (tertiary/aromatic N) is 1. The number of nitro groups is 1. The van der Waals surface area contributed by atoms with Crippen LogP contribution in [0.5, 0.6) is 5.75 Å². The van der Waals surface area contributed by atoms with Gasteiger partial charge in [0, 0.05) is 12.1 Å². The van der Waals surface area contributed by atoms with E-state index in [1.807, 2.05) is 0 Å². The minimum absolute atomic E-state index is 0.0790. The van der Waals surface area contributed by atoms with Crippen molar-refractivity contribution in [1.29, 1.82) is 0 Å². The molecule has 0 fully saturated rings. The lowest BCUT2D eigenvalue weighted by molar-refractivity contribution is -0.384. The Labute approximate surface area is 137 Å². The molecule has 0 saturated heterocycles. The fourth-order valence-electron chi connectivity index (χ4n) is 1.98. The zero-order valence-electron chi connectivity index (χ0n) is 12.5. The van der Waals surface area contributed by atoms with Crippen LogP contribution in [0.3, 0.4) is 0 Å². The van der Waals surface area contributed by atoms with E-state index in [1.54, 1.807) is 30.3 Å². The minimum Gasteiger partial charge on any atom is -0.484 e. The van der Waals surface area contributed by atoms with Gasteiger partial charge < -0.3 is 15.8 Å². The maximum atomic E-state index is 11.9. The number of amides is 2. The molecule has 2 aromatic carbocycles. The third kappa shape index (κ3) is 4.54. The average molecular weight is 329 g/mol. The third-order valence-corrected chi connectivity index (χ3v) is 3.14. The Morgan fingerprint density at radius 3 is 2.29 bits per heavy atom. The summed E-state index contributed by atoms with van der Waals surface area (Å²) in [6, 6.07) is 12.9. The van der Waals surface area contributed by atoms with Gasteiger partial charge in [-0.3, -0.25) is 19.7 Å². The van der Waals surface area contributed by atoms with Crippen molar-refractivity contribution in [3.8, 4) is 5.75 Å². The van der Waals surface area contributed by atoms with Gasteiger partial charge in [-0.15, -0.1) is 0 Å². The number of nitrogens with one attached hydrogen (secondary N) is 1. The van der Waals surface area contributed by atoms with E-state index in [0.29, 0.717) is 11.3 Å². The maximum absolute atomic E-state index is 11.9. The van der Waals surface area contributed by atoms with Crippen LogP contribution < -0.4 is 15.8 Å². The van der Waals surface area contributed by atoms with Crippen LogP contribution in [0.2, 0.25) is 0 Å². The number of benzene rings is 2. The molecule has 3 N–H and O–H groups in total. The fourth-order valence-corrected chi connectivity index (χ4v) is 1.98. The minimum atomic E-state index is -0.959. The van der Waals surface area contributed by atoms with Gasteiger partial charge in [-0.2, -0.15) is 0 Å². The number of rotatable bonds is 7. The first-order chi connectivity index (χ1) is 11.5. The van der Waals surface area contributed by atoms with Gasteiger partial charge in [0.15, 0.2) is 6.61 Å². The molecule has 1 atom stereocenters. The molecule has 0 aliphatic rings. The molecule has 0 aliphatic heterocycles. The van der Waals surface area contributed by atoms with E-state index in [9.17, 15) is 19.7 Å². The summed E-state index contributed by atoms with van der Waals surface area (Å²) in [7, 11) is 0. The first kappa shape index (κ1) is 16.9. The van der Waals surface area contributed by atoms with E-state index < -0.39 is 22.8 Å². The lowest BCUT2D eigenvalue weighted by Gasteiger charge is -2.16. The fraction of sp³-hybridized carbons (Fsp3) is 0.125. The predicted molar refractivity (Wildman–Crippen MR) is 85.1 cm³/mol. The second kappa shape index (κ2) is 7.73. The van der Waals surface area contributed by atoms with Crippen LogP contribution >= 0.6 is 0 Å². The topological polar surface area (TPSA) is 125 Å². The molecule has 2 amide bonds. The number of nitro benzene ring substituents is 1. The molecule has 124 valence electrons. The number of primary amides is 1. The van der Waals surface area contributed by atoms with Crippen molar-refractivity contribution in [2.24, 2.45) is 5.73 Å². The molecule has 8 heteroatoms. The Kier molecular flexibility index (Phi) is 5.45. The highest BCUT2D eigenvalue weighted by Gasteiger charge is 2.20. The van der Waals surface area contributed by atoms with Gasteiger partial charge in [-0.05, 0) is 17.7 Å². The van der Waals surface area contributed by atoms with E-state index in [0.717, 1.165) is 0 Å². The zero-order chi connectivity index (χ0) is 17.5. The Balaban J connectivity index is 1.94. The molecule has 24 heavy (non-hydrogen) atoms. The normalized spacial score (nSPS) is 11.3. The van der Waals surface area contributed by atoms with Crippen LogP contribution in [0.4, 0.5) is 5.69 Å². The third-order valence-electron chi connectivity index (χ3n) is 3.14. The molecule has 0 spiro atoms. The number of carbonyl (C=O) groups is 2. The molecule has 1 unspecified atom stereocenters. The molecule has 0 heterocycles. The molecule has 0 saturated carbocycles. The number of nitrogens with two attached hydrogens (primary N) is 1. The summed E-state index contributed by atoms with van der Waals surface area (Å²) in [5, 5.41) is 13.0. The summed E-state index contributed by atoms with van der Waals surface area (Å²) >= 11 is 0. The number of carbonyl (C=O) groups excluding carboxylic acids is 2. The van der Waals surface area contributed by atoms with E-state index in [2.05, 4.69) is 5.32 Å². The second-order valence-corrected chi connectivity index (χ2v) is 4.85. The van der Waals surface area contributed by atoms with Crippen molar-refractivity contribution >= 4 is 17.5 Å². The highest BCUT2D eigenvalue weighted by atomic mass is 16.6. The predicted octanol–water partition coefficient (Wildman–Crippen LogP) is 1.32. The van der Waals surface area contributed by atoms with Crippen LogP contribution in [0.15, 0.2) is 54.6 Å². The molecule has 2 rings (SSSR count). The van der Waals surface area contributed by atoms with Crippen LogP contribution in [0.1, 0.15) is 11.6 Å². The lowest BCUT2D eigenvalue weighted by Crippen LogP contribution is -2.39. The molecule has 0 radical (unpaired) electrons. The largest absolute Gasteiger partial charge is 0.484 e. The van der Waals surface area contributed by atoms with E-state index in [4.69, 9.17) is 10.5 Å². The van der Waals surface area contributed by atoms with Crippen LogP contribution in [-0.4, -0.2) is 23.3 Å². The molecule has 8 nitrogen and oxygen atoms in total. The molecule has 0 aliphatic carbocycles. The Morgan fingerprint density at radius 1 is 1.12 bits per heavy atom. The maximum Gasteiger partial charge on any atom is 0.269 e. The average Bonchev–Trinajstić information content (AvgIpc) is 2.58. The van der Waals surface area contributed by atoms with Crippen molar-refractivity contribution in [3.63, 3.8) is 0 Å². The van der Waals surface area contributed by atoms with Crippen molar-refractivity contribution < 1.29 is 19.2 Å². The number of hydrogen-bond donors (Lipinski definition) is 2. The SMILES string of the molecule is NC(=O)C(NC(=O)COc1ccc([N+](=O)[O-])cc1)c1ccccc1. The summed E-state index contributed by atoms with van der Waals surface area (Å²) in [6.07, 6.45) is 0. The van der Waals surface area contributed by atoms with E-state index in [-0.39, 0.29) is 12.3 Å². The zero-order valence-corrected chi connectivity index (χ0v) is 12.5. The van der Waals surface area contributed by atoms with Crippen LogP contribution in [-0.2, 0) is 9.59 Å². The highest BCUT2D eigenvalue weighted by molar-refractivity contribution is 5.88. The molecular weight excluding hydrogens is 314 g/mol. The molecule has 0 aromatic heterocycles. The standard InChI is InChI=1S/C16H15N3O5/c17-16(21)15(11-4-2-1-3-5-11)18-14(20)10-24-13-8-6-12(7-9-13)19(22)23/h1-9,15H,10H2,(H2,17,21)(H,18,20). The van der Waals surface area contributed by atoms with Crippen LogP contribution in [0.25, 0.3) is 0 Å². The number of non-ortho nitro benzene ring substituents is 1. The summed E-state index contributed by atoms with van der Waals surface area (Å²) in [5.74, 6) is -0.933. The van der Waals surface area contributed by atoms with E-state index in [1.165, 1.54) is 24.3 Å². The van der Waals surface area contributed by atoms with Crippen LogP contribution in [0, 0.1) is 10.1 Å². The van der Waals surface area contributed by atoms with Crippen molar-refractivity contribution in [3.05, 3.63) is 70.3 Å². The van der Waals surface area contributed by atoms with Gasteiger partial charge in [-0.1, -0.05) is 30.3 Å². The molecule has 2 aromatic rings. The summed E-state index contributed by atoms with van der Waals surface area (Å²) in [4.78, 5) is 33.5. The first-order valence-corrected chi connectivity index (χ1v) is 6.98. The lowest BCUT2D eigenvalue weighted by atomic mass is 10.1. The second-order valence-electron chi connectivity index (χ2n) is 4.85.